The maximum Gasteiger partial charge on any atom is 0.258 e. The summed E-state index contributed by atoms with van der Waals surface area (Å²) < 4.78 is -0.266. The zero-order valence-electron chi connectivity index (χ0n) is 16.0. The van der Waals surface area contributed by atoms with Gasteiger partial charge >= 0.3 is 0 Å². The van der Waals surface area contributed by atoms with Crippen LogP contribution in [0.2, 0.25) is 0 Å². The van der Waals surface area contributed by atoms with Crippen molar-refractivity contribution in [3.05, 3.63) is 56.5 Å². The monoisotopic (exact) mass is 431 g/mol. The van der Waals surface area contributed by atoms with Crippen LogP contribution in [0.1, 0.15) is 17.5 Å². The van der Waals surface area contributed by atoms with E-state index in [1.807, 2.05) is 0 Å². The number of carbonyl (C=O) groups is 2. The van der Waals surface area contributed by atoms with Gasteiger partial charge in [-0.05, 0) is 12.2 Å². The lowest BCUT2D eigenvalue weighted by molar-refractivity contribution is -0.136. The average molecular weight is 431 g/mol. The Morgan fingerprint density at radius 2 is 2.13 bits per heavy atom. The smallest absolute Gasteiger partial charge is 0.258 e. The Bertz CT molecular complexity index is 1090. The fraction of sp³-hybridized carbons (Fsp3) is 0.421. The molecule has 1 atom stereocenters. The number of thioether (sulfide) groups is 1. The third-order valence-electron chi connectivity index (χ3n) is 5.55. The Hall–Kier alpha value is -3.08. The normalized spacial score (nSPS) is 19.5. The molecule has 158 valence electrons. The highest BCUT2D eigenvalue weighted by molar-refractivity contribution is 8.01. The summed E-state index contributed by atoms with van der Waals surface area (Å²) in [7, 11) is 0. The van der Waals surface area contributed by atoms with Crippen molar-refractivity contribution in [2.75, 3.05) is 18.8 Å². The van der Waals surface area contributed by atoms with Gasteiger partial charge in [-0.15, -0.1) is 11.8 Å². The summed E-state index contributed by atoms with van der Waals surface area (Å²) in [5.41, 5.74) is -0.377. The minimum Gasteiger partial charge on any atom is -0.493 e. The Kier molecular flexibility index (Phi) is 5.37. The van der Waals surface area contributed by atoms with Crippen molar-refractivity contribution in [1.82, 2.24) is 25.2 Å². The van der Waals surface area contributed by atoms with Crippen LogP contribution in [-0.2, 0) is 22.4 Å². The number of hydrogen-bond acceptors (Lipinski definition) is 7. The van der Waals surface area contributed by atoms with Gasteiger partial charge in [0.1, 0.15) is 0 Å². The summed E-state index contributed by atoms with van der Waals surface area (Å²) in [4.78, 5) is 59.1. The average Bonchev–Trinajstić information content (AvgIpc) is 3.09. The van der Waals surface area contributed by atoms with Crippen LogP contribution in [0, 0.1) is 0 Å². The number of H-pyrrole nitrogens is 2. The number of amides is 2. The maximum absolute atomic E-state index is 12.5. The maximum atomic E-state index is 12.5. The number of pyridine rings is 1. The summed E-state index contributed by atoms with van der Waals surface area (Å²) in [6, 6.07) is 1.25. The van der Waals surface area contributed by atoms with Gasteiger partial charge in [-0.25, -0.2) is 4.98 Å². The molecule has 1 unspecified atom stereocenters. The van der Waals surface area contributed by atoms with Gasteiger partial charge in [0.15, 0.2) is 5.43 Å². The molecule has 10 nitrogen and oxygen atoms in total. The van der Waals surface area contributed by atoms with E-state index in [0.717, 1.165) is 18.5 Å². The Morgan fingerprint density at radius 3 is 2.87 bits per heavy atom. The molecule has 2 aliphatic heterocycles. The predicted octanol–water partition coefficient (Wildman–Crippen LogP) is -0.848. The first-order chi connectivity index (χ1) is 14.4. The van der Waals surface area contributed by atoms with Gasteiger partial charge in [0.05, 0.1) is 29.5 Å². The molecule has 11 heteroatoms. The van der Waals surface area contributed by atoms with E-state index >= 15 is 0 Å². The fourth-order valence-corrected chi connectivity index (χ4v) is 5.51. The SMILES string of the molecule is O=C(Cc1c(O)nc[nH]c1=O)NC1CCSC12CN(C(=O)Cc1c[nH]ccc1=O)C2. The van der Waals surface area contributed by atoms with Gasteiger partial charge in [0.2, 0.25) is 17.7 Å². The zero-order valence-corrected chi connectivity index (χ0v) is 16.8. The van der Waals surface area contributed by atoms with Crippen LogP contribution >= 0.6 is 11.8 Å². The van der Waals surface area contributed by atoms with Gasteiger partial charge in [0.25, 0.3) is 5.56 Å². The van der Waals surface area contributed by atoms with E-state index in [1.54, 1.807) is 22.9 Å². The van der Waals surface area contributed by atoms with E-state index in [4.69, 9.17) is 0 Å². The molecule has 0 bridgehead atoms. The summed E-state index contributed by atoms with van der Waals surface area (Å²) in [6.07, 6.45) is 4.66. The molecule has 4 N–H and O–H groups in total. The largest absolute Gasteiger partial charge is 0.493 e. The van der Waals surface area contributed by atoms with Crippen LogP contribution in [-0.4, -0.2) is 66.4 Å². The van der Waals surface area contributed by atoms with Crippen LogP contribution in [0.15, 0.2) is 34.4 Å². The van der Waals surface area contributed by atoms with Gasteiger partial charge in [-0.1, -0.05) is 0 Å². The minimum absolute atomic E-state index is 0.0387. The molecule has 4 rings (SSSR count). The number of aromatic amines is 2. The van der Waals surface area contributed by atoms with Crippen molar-refractivity contribution in [2.45, 2.75) is 30.1 Å². The van der Waals surface area contributed by atoms with Crippen LogP contribution < -0.4 is 16.3 Å². The quantitative estimate of drug-likeness (QED) is 0.482. The van der Waals surface area contributed by atoms with Gasteiger partial charge in [-0.3, -0.25) is 19.2 Å². The molecule has 0 radical (unpaired) electrons. The molecule has 2 aliphatic rings. The highest BCUT2D eigenvalue weighted by Gasteiger charge is 2.54. The van der Waals surface area contributed by atoms with Crippen LogP contribution in [0.3, 0.4) is 0 Å². The molecule has 0 aromatic carbocycles. The third-order valence-corrected chi connectivity index (χ3v) is 7.10. The summed E-state index contributed by atoms with van der Waals surface area (Å²) in [6.45, 7) is 0.982. The molecule has 4 heterocycles. The second-order valence-electron chi connectivity index (χ2n) is 7.49. The van der Waals surface area contributed by atoms with Gasteiger partial charge in [-0.2, -0.15) is 0 Å². The number of carbonyl (C=O) groups excluding carboxylic acids is 2. The molecule has 0 aliphatic carbocycles. The first kappa shape index (κ1) is 20.2. The lowest BCUT2D eigenvalue weighted by atomic mass is 9.88. The van der Waals surface area contributed by atoms with E-state index in [0.29, 0.717) is 18.7 Å². The van der Waals surface area contributed by atoms with Crippen molar-refractivity contribution in [3.63, 3.8) is 0 Å². The minimum atomic E-state index is -0.551. The van der Waals surface area contributed by atoms with Crippen molar-refractivity contribution in [1.29, 1.82) is 0 Å². The van der Waals surface area contributed by atoms with E-state index in [2.05, 4.69) is 20.3 Å². The van der Waals surface area contributed by atoms with E-state index in [9.17, 15) is 24.3 Å². The first-order valence-corrected chi connectivity index (χ1v) is 10.5. The number of nitrogens with one attached hydrogen (secondary N) is 3. The molecule has 2 amide bonds. The first-order valence-electron chi connectivity index (χ1n) is 9.50. The zero-order chi connectivity index (χ0) is 21.3. The number of aromatic hydroxyl groups is 1. The fourth-order valence-electron chi connectivity index (χ4n) is 3.88. The van der Waals surface area contributed by atoms with Crippen molar-refractivity contribution < 1.29 is 14.7 Å². The summed E-state index contributed by atoms with van der Waals surface area (Å²) in [5, 5.41) is 12.7. The predicted molar refractivity (Wildman–Crippen MR) is 109 cm³/mol. The lowest BCUT2D eigenvalue weighted by Crippen LogP contribution is -2.68. The number of likely N-dealkylation sites (tertiary alicyclic amines) is 1. The number of hydrogen-bond donors (Lipinski definition) is 4. The van der Waals surface area contributed by atoms with Crippen LogP contribution in [0.25, 0.3) is 0 Å². The Labute approximate surface area is 175 Å². The molecule has 2 fully saturated rings. The number of rotatable bonds is 5. The standard InChI is InChI=1S/C19H21N5O5S/c25-13-1-3-20-7-11(13)5-16(27)24-8-19(9-24)14(2-4-30-19)23-15(26)6-12-17(28)21-10-22-18(12)29/h1,3,7,10,14H,2,4-6,8-9H2,(H,20,25)(H,23,26)(H2,21,22,28,29). The van der Waals surface area contributed by atoms with Crippen molar-refractivity contribution >= 4 is 23.6 Å². The Morgan fingerprint density at radius 1 is 1.33 bits per heavy atom. The molecule has 1 spiro atoms. The van der Waals surface area contributed by atoms with Crippen molar-refractivity contribution in [3.8, 4) is 5.88 Å². The summed E-state index contributed by atoms with van der Waals surface area (Å²) in [5.74, 6) is -0.108. The molecule has 2 aromatic heterocycles. The van der Waals surface area contributed by atoms with Crippen LogP contribution in [0.5, 0.6) is 5.88 Å². The Balaban J connectivity index is 1.36. The molecule has 30 heavy (non-hydrogen) atoms. The second-order valence-corrected chi connectivity index (χ2v) is 9.00. The number of aromatic nitrogens is 3. The van der Waals surface area contributed by atoms with E-state index in [1.165, 1.54) is 12.3 Å². The molecule has 0 saturated carbocycles. The molecule has 2 aromatic rings. The molecular formula is C19H21N5O5S. The van der Waals surface area contributed by atoms with E-state index in [-0.39, 0.29) is 46.4 Å². The summed E-state index contributed by atoms with van der Waals surface area (Å²) >= 11 is 1.72. The highest BCUT2D eigenvalue weighted by Crippen LogP contribution is 2.45. The van der Waals surface area contributed by atoms with Gasteiger partial charge < -0.3 is 25.3 Å². The lowest BCUT2D eigenvalue weighted by Gasteiger charge is -2.50. The third kappa shape index (κ3) is 3.84. The molecular weight excluding hydrogens is 410 g/mol. The van der Waals surface area contributed by atoms with Gasteiger partial charge in [0, 0.05) is 43.2 Å². The van der Waals surface area contributed by atoms with Crippen molar-refractivity contribution in [2.24, 2.45) is 0 Å². The molecule has 2 saturated heterocycles. The topological polar surface area (TPSA) is 148 Å². The second kappa shape index (κ2) is 7.98. The van der Waals surface area contributed by atoms with E-state index < -0.39 is 11.4 Å². The van der Waals surface area contributed by atoms with Crippen LogP contribution in [0.4, 0.5) is 0 Å². The highest BCUT2D eigenvalue weighted by atomic mass is 32.2. The number of nitrogens with zero attached hydrogens (tertiary/aromatic N) is 2.